The number of nitrogens with zero attached hydrogens (tertiary/aromatic N) is 1. The van der Waals surface area contributed by atoms with Gasteiger partial charge in [-0.05, 0) is 57.9 Å². The number of ether oxygens (including phenoxy) is 1. The van der Waals surface area contributed by atoms with E-state index in [9.17, 15) is 4.79 Å². The van der Waals surface area contributed by atoms with Gasteiger partial charge >= 0.3 is 0 Å². The molecule has 0 radical (unpaired) electrons. The predicted octanol–water partition coefficient (Wildman–Crippen LogP) is 5.89. The summed E-state index contributed by atoms with van der Waals surface area (Å²) in [5, 5.41) is 5.86. The van der Waals surface area contributed by atoms with Crippen LogP contribution >= 0.6 is 38.9 Å². The average molecular weight is 450 g/mol. The van der Waals surface area contributed by atoms with Crippen LogP contribution in [0.5, 0.6) is 5.75 Å². The van der Waals surface area contributed by atoms with Crippen molar-refractivity contribution >= 4 is 56.0 Å². The van der Waals surface area contributed by atoms with Gasteiger partial charge in [0.05, 0.1) is 17.3 Å². The Kier molecular flexibility index (Phi) is 6.08. The van der Waals surface area contributed by atoms with Crippen LogP contribution in [0.15, 0.2) is 58.4 Å². The average Bonchev–Trinajstić information content (AvgIpc) is 3.09. The number of carbonyl (C=O) groups excluding carboxylic acids is 1. The summed E-state index contributed by atoms with van der Waals surface area (Å²) in [4.78, 5) is 16.5. The summed E-state index contributed by atoms with van der Waals surface area (Å²) in [5.74, 6) is 0.515. The van der Waals surface area contributed by atoms with Crippen molar-refractivity contribution in [1.82, 2.24) is 4.98 Å². The molecule has 0 spiro atoms. The molecule has 1 amide bonds. The van der Waals surface area contributed by atoms with Crippen molar-refractivity contribution in [1.29, 1.82) is 0 Å². The third-order valence-corrected chi connectivity index (χ3v) is 5.11. The summed E-state index contributed by atoms with van der Waals surface area (Å²) in [6, 6.07) is 13.0. The molecule has 3 rings (SSSR count). The number of hydrogen-bond donors (Lipinski definition) is 1. The molecule has 0 aliphatic carbocycles. The molecule has 1 aromatic heterocycles. The number of benzene rings is 2. The molecule has 0 aliphatic heterocycles. The van der Waals surface area contributed by atoms with Crippen LogP contribution in [0, 0.1) is 0 Å². The van der Waals surface area contributed by atoms with E-state index in [2.05, 4.69) is 26.2 Å². The van der Waals surface area contributed by atoms with E-state index >= 15 is 0 Å². The number of aromatic nitrogens is 1. The van der Waals surface area contributed by atoms with Crippen LogP contribution in [0.1, 0.15) is 5.56 Å². The van der Waals surface area contributed by atoms with E-state index in [1.54, 1.807) is 25.3 Å². The van der Waals surface area contributed by atoms with Gasteiger partial charge in [0, 0.05) is 22.0 Å². The minimum Gasteiger partial charge on any atom is -0.496 e. The summed E-state index contributed by atoms with van der Waals surface area (Å²) in [7, 11) is 1.62. The van der Waals surface area contributed by atoms with Crippen LogP contribution in [-0.2, 0) is 4.79 Å². The van der Waals surface area contributed by atoms with Crippen LogP contribution in [0.2, 0.25) is 5.02 Å². The first kappa shape index (κ1) is 18.6. The van der Waals surface area contributed by atoms with Crippen molar-refractivity contribution in [2.24, 2.45) is 0 Å². The number of methoxy groups -OCH3 is 1. The van der Waals surface area contributed by atoms with Crippen molar-refractivity contribution in [3.05, 3.63) is 69.0 Å². The van der Waals surface area contributed by atoms with Gasteiger partial charge in [-0.25, -0.2) is 4.98 Å². The molecule has 0 atom stereocenters. The van der Waals surface area contributed by atoms with Crippen LogP contribution in [0.4, 0.5) is 5.13 Å². The lowest BCUT2D eigenvalue weighted by atomic mass is 10.2. The number of hydrogen-bond acceptors (Lipinski definition) is 4. The second kappa shape index (κ2) is 8.49. The van der Waals surface area contributed by atoms with Gasteiger partial charge in [0.15, 0.2) is 5.13 Å². The first-order valence-electron chi connectivity index (χ1n) is 7.59. The molecular formula is C19H14BrClN2O2S. The number of thiazole rings is 1. The van der Waals surface area contributed by atoms with Crippen LogP contribution < -0.4 is 10.1 Å². The molecule has 0 aliphatic rings. The van der Waals surface area contributed by atoms with Crippen LogP contribution in [0.25, 0.3) is 17.3 Å². The van der Waals surface area contributed by atoms with Crippen molar-refractivity contribution in [3.8, 4) is 17.0 Å². The highest BCUT2D eigenvalue weighted by Crippen LogP contribution is 2.32. The Morgan fingerprint density at radius 1 is 1.27 bits per heavy atom. The number of halogens is 2. The van der Waals surface area contributed by atoms with Crippen LogP contribution in [0.3, 0.4) is 0 Å². The van der Waals surface area contributed by atoms with Gasteiger partial charge in [0.25, 0.3) is 0 Å². The van der Waals surface area contributed by atoms with E-state index < -0.39 is 0 Å². The topological polar surface area (TPSA) is 51.2 Å². The summed E-state index contributed by atoms with van der Waals surface area (Å²) < 4.78 is 6.08. The second-order valence-electron chi connectivity index (χ2n) is 5.26. The highest BCUT2D eigenvalue weighted by atomic mass is 79.9. The quantitative estimate of drug-likeness (QED) is 0.494. The lowest BCUT2D eigenvalue weighted by Gasteiger charge is -2.04. The minimum absolute atomic E-state index is 0.239. The molecular weight excluding hydrogens is 436 g/mol. The summed E-state index contributed by atoms with van der Waals surface area (Å²) in [6.45, 7) is 0. The standard InChI is InChI=1S/C19H14BrClN2O2S/c1-25-17-8-5-13(10-15(17)20)16-11-26-19(22-16)23-18(24)9-4-12-2-6-14(21)7-3-12/h2-11H,1H3,(H,22,23,24)/b9-4+. The number of anilines is 1. The zero-order valence-electron chi connectivity index (χ0n) is 13.7. The smallest absolute Gasteiger partial charge is 0.250 e. The van der Waals surface area contributed by atoms with Crippen LogP contribution in [-0.4, -0.2) is 18.0 Å². The lowest BCUT2D eigenvalue weighted by molar-refractivity contribution is -0.111. The molecule has 2 aromatic carbocycles. The van der Waals surface area contributed by atoms with Crippen molar-refractivity contribution in [3.63, 3.8) is 0 Å². The Balaban J connectivity index is 1.67. The summed E-state index contributed by atoms with van der Waals surface area (Å²) in [6.07, 6.45) is 3.19. The molecule has 0 saturated carbocycles. The molecule has 1 heterocycles. The van der Waals surface area contributed by atoms with Gasteiger partial charge in [-0.15, -0.1) is 11.3 Å². The largest absolute Gasteiger partial charge is 0.496 e. The molecule has 7 heteroatoms. The lowest BCUT2D eigenvalue weighted by Crippen LogP contribution is -2.07. The monoisotopic (exact) mass is 448 g/mol. The Morgan fingerprint density at radius 3 is 2.73 bits per heavy atom. The molecule has 3 aromatic rings. The molecule has 0 unspecified atom stereocenters. The van der Waals surface area contributed by atoms with E-state index in [1.165, 1.54) is 17.4 Å². The van der Waals surface area contributed by atoms with E-state index in [4.69, 9.17) is 16.3 Å². The fourth-order valence-electron chi connectivity index (χ4n) is 2.18. The zero-order chi connectivity index (χ0) is 18.5. The maximum Gasteiger partial charge on any atom is 0.250 e. The van der Waals surface area contributed by atoms with Gasteiger partial charge in [0.2, 0.25) is 5.91 Å². The normalized spacial score (nSPS) is 10.9. The zero-order valence-corrected chi connectivity index (χ0v) is 16.9. The summed E-state index contributed by atoms with van der Waals surface area (Å²) >= 11 is 10.7. The molecule has 0 saturated heterocycles. The fourth-order valence-corrected chi connectivity index (χ4v) is 3.57. The first-order chi connectivity index (χ1) is 12.5. The van der Waals surface area contributed by atoms with Crippen molar-refractivity contribution < 1.29 is 9.53 Å². The third-order valence-electron chi connectivity index (χ3n) is 3.48. The second-order valence-corrected chi connectivity index (χ2v) is 7.41. The molecule has 1 N–H and O–H groups in total. The Morgan fingerprint density at radius 2 is 2.04 bits per heavy atom. The van der Waals surface area contributed by atoms with Crippen molar-refractivity contribution in [2.75, 3.05) is 12.4 Å². The Hall–Kier alpha value is -2.15. The summed E-state index contributed by atoms with van der Waals surface area (Å²) in [5.41, 5.74) is 2.62. The van der Waals surface area contributed by atoms with E-state index in [0.29, 0.717) is 10.2 Å². The predicted molar refractivity (Wildman–Crippen MR) is 111 cm³/mol. The molecule has 0 fully saturated rings. The fraction of sp³-hybridized carbons (Fsp3) is 0.0526. The highest BCUT2D eigenvalue weighted by Gasteiger charge is 2.09. The molecule has 4 nitrogen and oxygen atoms in total. The Labute approximate surface area is 168 Å². The van der Waals surface area contributed by atoms with E-state index in [1.807, 2.05) is 35.7 Å². The number of nitrogens with one attached hydrogen (secondary N) is 1. The van der Waals surface area contributed by atoms with E-state index in [0.717, 1.165) is 27.0 Å². The maximum absolute atomic E-state index is 12.1. The molecule has 132 valence electrons. The van der Waals surface area contributed by atoms with Gasteiger partial charge in [-0.3, -0.25) is 10.1 Å². The first-order valence-corrected chi connectivity index (χ1v) is 9.64. The molecule has 26 heavy (non-hydrogen) atoms. The Bertz CT molecular complexity index is 954. The van der Waals surface area contributed by atoms with Gasteiger partial charge < -0.3 is 4.74 Å². The number of amides is 1. The maximum atomic E-state index is 12.1. The SMILES string of the molecule is COc1ccc(-c2csc(NC(=O)/C=C/c3ccc(Cl)cc3)n2)cc1Br. The van der Waals surface area contributed by atoms with Gasteiger partial charge in [-0.1, -0.05) is 23.7 Å². The number of rotatable bonds is 5. The minimum atomic E-state index is -0.239. The number of carbonyl (C=O) groups is 1. The van der Waals surface area contributed by atoms with Gasteiger partial charge in [0.1, 0.15) is 5.75 Å². The molecule has 0 bridgehead atoms. The van der Waals surface area contributed by atoms with Crippen molar-refractivity contribution in [2.45, 2.75) is 0 Å². The van der Waals surface area contributed by atoms with E-state index in [-0.39, 0.29) is 5.91 Å². The highest BCUT2D eigenvalue weighted by molar-refractivity contribution is 9.10. The third kappa shape index (κ3) is 4.72. The van der Waals surface area contributed by atoms with Gasteiger partial charge in [-0.2, -0.15) is 0 Å².